The molecule has 0 saturated carbocycles. The van der Waals surface area contributed by atoms with Gasteiger partial charge in [-0.2, -0.15) is 0 Å². The standard InChI is InChI=1S/C3H3IN2/c4-2-1-6-3(2)5/h1H,(H2,5,6). The maximum atomic E-state index is 6.85. The van der Waals surface area contributed by atoms with E-state index in [0.29, 0.717) is 5.84 Å². The summed E-state index contributed by atoms with van der Waals surface area (Å²) in [6.45, 7) is 0. The third kappa shape index (κ3) is 0.426. The second-order valence-corrected chi connectivity index (χ2v) is 2.17. The normalized spacial score (nSPS) is 18.2. The van der Waals surface area contributed by atoms with E-state index < -0.39 is 0 Å². The van der Waals surface area contributed by atoms with Crippen molar-refractivity contribution < 1.29 is 0 Å². The zero-order valence-electron chi connectivity index (χ0n) is 2.96. The van der Waals surface area contributed by atoms with E-state index in [1.165, 1.54) is 0 Å². The fraction of sp³-hybridized carbons (Fsp3) is 0. The summed E-state index contributed by atoms with van der Waals surface area (Å²) in [5, 5.41) is 9.52. The van der Waals surface area contributed by atoms with Crippen LogP contribution in [-0.4, -0.2) is 5.84 Å². The predicted octanol–water partition coefficient (Wildman–Crippen LogP) is 0.843. The minimum Gasteiger partial charge on any atom is -0.345 e. The van der Waals surface area contributed by atoms with E-state index in [0.717, 1.165) is 3.58 Å². The molecule has 0 aromatic carbocycles. The Morgan fingerprint density at radius 3 is 2.33 bits per heavy atom. The predicted molar refractivity (Wildman–Crippen MR) is 33.0 cm³/mol. The van der Waals surface area contributed by atoms with Gasteiger partial charge in [0.2, 0.25) is 0 Å². The molecule has 1 aliphatic rings. The van der Waals surface area contributed by atoms with Gasteiger partial charge in [-0.1, -0.05) is 0 Å². The van der Waals surface area contributed by atoms with Crippen molar-refractivity contribution in [3.63, 3.8) is 0 Å². The van der Waals surface area contributed by atoms with Crippen molar-refractivity contribution in [2.45, 2.75) is 0 Å². The quantitative estimate of drug-likeness (QED) is 0.550. The van der Waals surface area contributed by atoms with Gasteiger partial charge < -0.3 is 5.32 Å². The van der Waals surface area contributed by atoms with Crippen LogP contribution < -0.4 is 5.32 Å². The Labute approximate surface area is 49.3 Å². The highest BCUT2D eigenvalue weighted by Gasteiger charge is 2.05. The van der Waals surface area contributed by atoms with Crippen LogP contribution in [0.4, 0.5) is 0 Å². The first-order valence-corrected chi connectivity index (χ1v) is 2.60. The molecule has 0 saturated heterocycles. The Morgan fingerprint density at radius 1 is 1.83 bits per heavy atom. The largest absolute Gasteiger partial charge is 0.345 e. The van der Waals surface area contributed by atoms with Crippen LogP contribution in [0.1, 0.15) is 0 Å². The molecule has 0 aromatic rings. The van der Waals surface area contributed by atoms with Crippen molar-refractivity contribution in [1.29, 1.82) is 5.41 Å². The zero-order valence-corrected chi connectivity index (χ0v) is 5.11. The molecule has 1 aliphatic heterocycles. The van der Waals surface area contributed by atoms with E-state index in [4.69, 9.17) is 5.41 Å². The van der Waals surface area contributed by atoms with Crippen molar-refractivity contribution in [1.82, 2.24) is 5.32 Å². The Bertz CT molecular complexity index is 116. The van der Waals surface area contributed by atoms with Crippen LogP contribution in [0.5, 0.6) is 0 Å². The highest BCUT2D eigenvalue weighted by molar-refractivity contribution is 14.1. The Kier molecular flexibility index (Phi) is 0.833. The van der Waals surface area contributed by atoms with Gasteiger partial charge in [0, 0.05) is 6.20 Å². The second-order valence-electron chi connectivity index (χ2n) is 1.01. The lowest BCUT2D eigenvalue weighted by molar-refractivity contribution is 1.17. The van der Waals surface area contributed by atoms with Gasteiger partial charge >= 0.3 is 0 Å². The zero-order chi connectivity index (χ0) is 4.57. The molecule has 0 amide bonds. The number of nitrogens with one attached hydrogen (secondary N) is 2. The van der Waals surface area contributed by atoms with Crippen molar-refractivity contribution >= 4 is 28.4 Å². The topological polar surface area (TPSA) is 35.9 Å². The average molecular weight is 194 g/mol. The molecule has 0 bridgehead atoms. The highest BCUT2D eigenvalue weighted by Crippen LogP contribution is 2.10. The van der Waals surface area contributed by atoms with E-state index in [1.807, 2.05) is 0 Å². The molecule has 0 atom stereocenters. The molecule has 0 fully saturated rings. The van der Waals surface area contributed by atoms with Crippen molar-refractivity contribution in [3.8, 4) is 0 Å². The Balaban J connectivity index is 2.75. The van der Waals surface area contributed by atoms with Crippen LogP contribution in [0.15, 0.2) is 9.78 Å². The van der Waals surface area contributed by atoms with Crippen LogP contribution in [0, 0.1) is 5.41 Å². The van der Waals surface area contributed by atoms with E-state index in [1.54, 1.807) is 6.20 Å². The van der Waals surface area contributed by atoms with E-state index in [2.05, 4.69) is 27.9 Å². The molecule has 0 radical (unpaired) electrons. The van der Waals surface area contributed by atoms with Gasteiger partial charge in [-0.15, -0.1) is 0 Å². The molecule has 6 heavy (non-hydrogen) atoms. The lowest BCUT2D eigenvalue weighted by atomic mass is 10.4. The van der Waals surface area contributed by atoms with Gasteiger partial charge in [0.25, 0.3) is 0 Å². The molecule has 32 valence electrons. The average Bonchev–Trinajstić information content (AvgIpc) is 1.61. The first-order chi connectivity index (χ1) is 2.80. The summed E-state index contributed by atoms with van der Waals surface area (Å²) in [7, 11) is 0. The molecule has 1 heterocycles. The lowest BCUT2D eigenvalue weighted by Gasteiger charge is -2.09. The number of hydrogen-bond donors (Lipinski definition) is 2. The summed E-state index contributed by atoms with van der Waals surface area (Å²) < 4.78 is 1.01. The SMILES string of the molecule is N=C1NC=C1I. The number of amidine groups is 1. The van der Waals surface area contributed by atoms with Crippen LogP contribution in [-0.2, 0) is 0 Å². The summed E-state index contributed by atoms with van der Waals surface area (Å²) in [6.07, 6.45) is 1.79. The van der Waals surface area contributed by atoms with Gasteiger partial charge in [-0.25, -0.2) is 0 Å². The van der Waals surface area contributed by atoms with Gasteiger partial charge in [-0.3, -0.25) is 5.41 Å². The smallest absolute Gasteiger partial charge is 0.137 e. The molecular weight excluding hydrogens is 191 g/mol. The van der Waals surface area contributed by atoms with Crippen LogP contribution in [0.25, 0.3) is 0 Å². The van der Waals surface area contributed by atoms with Crippen molar-refractivity contribution in [3.05, 3.63) is 9.78 Å². The van der Waals surface area contributed by atoms with E-state index in [9.17, 15) is 0 Å². The molecule has 0 spiro atoms. The van der Waals surface area contributed by atoms with Gasteiger partial charge in [0.1, 0.15) is 5.84 Å². The highest BCUT2D eigenvalue weighted by atomic mass is 127. The van der Waals surface area contributed by atoms with Crippen LogP contribution >= 0.6 is 22.6 Å². The molecule has 2 nitrogen and oxygen atoms in total. The maximum Gasteiger partial charge on any atom is 0.137 e. The minimum atomic E-state index is 0.538. The van der Waals surface area contributed by atoms with Gasteiger partial charge in [-0.05, 0) is 22.6 Å². The molecule has 3 heteroatoms. The lowest BCUT2D eigenvalue weighted by Crippen LogP contribution is -2.25. The van der Waals surface area contributed by atoms with E-state index in [-0.39, 0.29) is 0 Å². The fourth-order valence-electron chi connectivity index (χ4n) is 0.199. The van der Waals surface area contributed by atoms with Gasteiger partial charge in [0.05, 0.1) is 3.58 Å². The maximum absolute atomic E-state index is 6.85. The molecule has 0 unspecified atom stereocenters. The molecule has 1 rings (SSSR count). The van der Waals surface area contributed by atoms with Gasteiger partial charge in [0.15, 0.2) is 0 Å². The van der Waals surface area contributed by atoms with Crippen LogP contribution in [0.3, 0.4) is 0 Å². The Hall–Kier alpha value is -0.0600. The number of halogens is 1. The second kappa shape index (κ2) is 1.22. The summed E-state index contributed by atoms with van der Waals surface area (Å²) in [5.41, 5.74) is 0. The van der Waals surface area contributed by atoms with Crippen LogP contribution in [0.2, 0.25) is 0 Å². The van der Waals surface area contributed by atoms with E-state index >= 15 is 0 Å². The third-order valence-corrected chi connectivity index (χ3v) is 1.43. The van der Waals surface area contributed by atoms with Crippen molar-refractivity contribution in [2.75, 3.05) is 0 Å². The summed E-state index contributed by atoms with van der Waals surface area (Å²) >= 11 is 2.09. The third-order valence-electron chi connectivity index (χ3n) is 0.582. The molecule has 0 aliphatic carbocycles. The first kappa shape index (κ1) is 4.11. The Morgan fingerprint density at radius 2 is 2.33 bits per heavy atom. The number of hydrogen-bond acceptors (Lipinski definition) is 1. The monoisotopic (exact) mass is 194 g/mol. The summed E-state index contributed by atoms with van der Waals surface area (Å²) in [4.78, 5) is 0. The first-order valence-electron chi connectivity index (χ1n) is 1.52. The minimum absolute atomic E-state index is 0.538. The van der Waals surface area contributed by atoms with Crippen molar-refractivity contribution in [2.24, 2.45) is 0 Å². The molecule has 2 N–H and O–H groups in total. The fourth-order valence-corrected chi connectivity index (χ4v) is 0.510. The molecule has 0 aromatic heterocycles. The summed E-state index contributed by atoms with van der Waals surface area (Å²) in [6, 6.07) is 0. The number of rotatable bonds is 0. The summed E-state index contributed by atoms with van der Waals surface area (Å²) in [5.74, 6) is 0.538. The molecular formula is C3H3IN2.